The van der Waals surface area contributed by atoms with Gasteiger partial charge in [0.15, 0.2) is 0 Å². The third-order valence-electron chi connectivity index (χ3n) is 20.0. The van der Waals surface area contributed by atoms with Crippen LogP contribution in [0.1, 0.15) is 86.5 Å². The molecule has 8 aromatic rings. The van der Waals surface area contributed by atoms with Crippen LogP contribution in [-0.2, 0) is 10.8 Å². The molecule has 10 aliphatic carbocycles. The Balaban J connectivity index is 0.835. The van der Waals surface area contributed by atoms with E-state index in [2.05, 4.69) is 181 Å². The van der Waals surface area contributed by atoms with E-state index < -0.39 is 0 Å². The van der Waals surface area contributed by atoms with Gasteiger partial charge in [0, 0.05) is 27.9 Å². The maximum atomic E-state index is 2.58. The highest BCUT2D eigenvalue weighted by Gasteiger charge is 2.63. The van der Waals surface area contributed by atoms with Crippen LogP contribution in [0.3, 0.4) is 0 Å². The topological polar surface area (TPSA) is 3.24 Å². The van der Waals surface area contributed by atoms with Crippen LogP contribution in [0.15, 0.2) is 176 Å². The second kappa shape index (κ2) is 13.7. The number of rotatable bonds is 5. The van der Waals surface area contributed by atoms with Gasteiger partial charge < -0.3 is 4.90 Å². The Morgan fingerprint density at radius 3 is 1.42 bits per heavy atom. The summed E-state index contributed by atoms with van der Waals surface area (Å²) in [6.07, 6.45) is 14.3. The van der Waals surface area contributed by atoms with Gasteiger partial charge in [-0.3, -0.25) is 0 Å². The molecule has 0 saturated heterocycles. The largest absolute Gasteiger partial charge is 0.310 e. The van der Waals surface area contributed by atoms with Crippen molar-refractivity contribution in [3.63, 3.8) is 0 Å². The first-order chi connectivity index (χ1) is 33.1. The molecule has 1 nitrogen and oxygen atoms in total. The second-order valence-electron chi connectivity index (χ2n) is 22.9. The van der Waals surface area contributed by atoms with Gasteiger partial charge in [-0.25, -0.2) is 0 Å². The standard InChI is InChI=1S/C66H57N/c1-2-10-44(11-3-1)45-12-8-14-52(36-45)67(54-22-25-64-60(39-54)58-16-5-7-19-62(58)66(64)50-32-42-27-43(34-50)35-51(66)33-42)53-21-23-56-46(37-53)13-9-17-55(56)47-20-24-63-59(38-47)57-15-4-6-18-61(57)65(63)48-28-40-26-41(30-48)31-49(65)29-40/h1-25,36-43,48-51H,26-35H2/t40-,41?,42-,43?,48-,49-,50-,51+,65-,66+/m0/s1. The van der Waals surface area contributed by atoms with Crippen molar-refractivity contribution < 1.29 is 0 Å². The molecule has 18 rings (SSSR count). The first-order valence-corrected chi connectivity index (χ1v) is 26.1. The summed E-state index contributed by atoms with van der Waals surface area (Å²) in [5.74, 6) is 6.84. The monoisotopic (exact) mass is 863 g/mol. The molecule has 8 fully saturated rings. The van der Waals surface area contributed by atoms with Gasteiger partial charge >= 0.3 is 0 Å². The highest BCUT2D eigenvalue weighted by atomic mass is 15.1. The zero-order valence-corrected chi connectivity index (χ0v) is 38.4. The fourth-order valence-corrected chi connectivity index (χ4v) is 18.2. The first-order valence-electron chi connectivity index (χ1n) is 26.1. The van der Waals surface area contributed by atoms with E-state index in [1.807, 2.05) is 0 Å². The van der Waals surface area contributed by atoms with Crippen molar-refractivity contribution in [2.24, 2.45) is 47.3 Å². The van der Waals surface area contributed by atoms with Crippen molar-refractivity contribution in [1.29, 1.82) is 0 Å². The van der Waals surface area contributed by atoms with Crippen molar-refractivity contribution in [3.8, 4) is 44.5 Å². The molecule has 8 aromatic carbocycles. The lowest BCUT2D eigenvalue weighted by molar-refractivity contribution is -0.0399. The Morgan fingerprint density at radius 1 is 0.299 bits per heavy atom. The summed E-state index contributed by atoms with van der Waals surface area (Å²) >= 11 is 0. The number of hydrogen-bond acceptors (Lipinski definition) is 1. The van der Waals surface area contributed by atoms with Crippen LogP contribution in [0.2, 0.25) is 0 Å². The summed E-state index contributed by atoms with van der Waals surface area (Å²) < 4.78 is 0. The van der Waals surface area contributed by atoms with Gasteiger partial charge in [0.1, 0.15) is 0 Å². The smallest absolute Gasteiger partial charge is 0.0468 e. The summed E-state index contributed by atoms with van der Waals surface area (Å²) in [5, 5.41) is 2.59. The summed E-state index contributed by atoms with van der Waals surface area (Å²) in [4.78, 5) is 2.54. The van der Waals surface area contributed by atoms with Crippen molar-refractivity contribution in [1.82, 2.24) is 0 Å². The molecule has 0 heterocycles. The Morgan fingerprint density at radius 2 is 0.776 bits per heavy atom. The number of hydrogen-bond donors (Lipinski definition) is 0. The fraction of sp³-hybridized carbons (Fsp3) is 0.303. The summed E-state index contributed by atoms with van der Waals surface area (Å²) in [7, 11) is 0. The molecule has 0 atom stereocenters. The molecule has 8 saturated carbocycles. The molecule has 2 spiro atoms. The molecule has 1 heteroatoms. The molecule has 0 aliphatic heterocycles. The fourth-order valence-electron chi connectivity index (χ4n) is 18.2. The molecule has 0 aromatic heterocycles. The van der Waals surface area contributed by atoms with Crippen LogP contribution in [-0.4, -0.2) is 0 Å². The minimum atomic E-state index is 0.158. The van der Waals surface area contributed by atoms with E-state index in [0.717, 1.165) is 47.3 Å². The molecule has 0 radical (unpaired) electrons. The Hall–Kier alpha value is -6.18. The number of benzene rings is 8. The van der Waals surface area contributed by atoms with Crippen LogP contribution in [0, 0.1) is 47.3 Å². The molecule has 10 aliphatic rings. The molecule has 8 bridgehead atoms. The van der Waals surface area contributed by atoms with Crippen molar-refractivity contribution in [3.05, 3.63) is 198 Å². The van der Waals surface area contributed by atoms with E-state index in [4.69, 9.17) is 0 Å². The highest BCUT2D eigenvalue weighted by Crippen LogP contribution is 2.71. The summed E-state index contributed by atoms with van der Waals surface area (Å²) in [6.45, 7) is 0. The zero-order valence-electron chi connectivity index (χ0n) is 38.4. The maximum Gasteiger partial charge on any atom is 0.0468 e. The first kappa shape index (κ1) is 37.9. The van der Waals surface area contributed by atoms with Crippen molar-refractivity contribution in [2.75, 3.05) is 4.90 Å². The summed E-state index contributed by atoms with van der Waals surface area (Å²) in [5.41, 5.74) is 21.5. The van der Waals surface area contributed by atoms with E-state index in [0.29, 0.717) is 0 Å². The quantitative estimate of drug-likeness (QED) is 0.167. The van der Waals surface area contributed by atoms with Crippen LogP contribution in [0.5, 0.6) is 0 Å². The highest BCUT2D eigenvalue weighted by molar-refractivity contribution is 6.01. The predicted octanol–water partition coefficient (Wildman–Crippen LogP) is 17.1. The van der Waals surface area contributed by atoms with Crippen molar-refractivity contribution >= 4 is 27.8 Å². The Labute approximate surface area is 395 Å². The van der Waals surface area contributed by atoms with Gasteiger partial charge in [-0.15, -0.1) is 0 Å². The van der Waals surface area contributed by atoms with Gasteiger partial charge in [0.25, 0.3) is 0 Å². The van der Waals surface area contributed by atoms with Gasteiger partial charge in [-0.1, -0.05) is 133 Å². The molecular weight excluding hydrogens is 807 g/mol. The third-order valence-corrected chi connectivity index (χ3v) is 20.0. The number of nitrogens with zero attached hydrogens (tertiary/aromatic N) is 1. The second-order valence-corrected chi connectivity index (χ2v) is 22.9. The molecular formula is C66H57N. The Kier molecular flexibility index (Phi) is 7.75. The van der Waals surface area contributed by atoms with Crippen molar-refractivity contribution in [2.45, 2.75) is 75.0 Å². The molecule has 326 valence electrons. The minimum absolute atomic E-state index is 0.158. The van der Waals surface area contributed by atoms with Crippen LogP contribution in [0.4, 0.5) is 17.1 Å². The lowest BCUT2D eigenvalue weighted by Crippen LogP contribution is -2.55. The average molecular weight is 864 g/mol. The van der Waals surface area contributed by atoms with Gasteiger partial charge in [-0.2, -0.15) is 0 Å². The number of anilines is 3. The van der Waals surface area contributed by atoms with Crippen LogP contribution >= 0.6 is 0 Å². The zero-order chi connectivity index (χ0) is 43.6. The SMILES string of the molecule is c1ccc(-c2cccc(N(c3ccc4c(c3)-c3ccccc3[C@]43[C@@H]4CC5C[C@@H](C4)C[C@@H]3C5)c3ccc4c(-c5ccc6c(c5)-c5ccccc5[C@]65[C@@H]6CC7C[C@H](C6)C[C@H]5C7)cccc4c3)c2)cc1. The minimum Gasteiger partial charge on any atom is -0.310 e. The molecule has 67 heavy (non-hydrogen) atoms. The normalized spacial score (nSPS) is 30.5. The average Bonchev–Trinajstić information content (AvgIpc) is 3.82. The van der Waals surface area contributed by atoms with Crippen LogP contribution < -0.4 is 4.90 Å². The summed E-state index contributed by atoms with van der Waals surface area (Å²) in [6, 6.07) is 68.8. The maximum absolute atomic E-state index is 2.58. The molecule has 0 N–H and O–H groups in total. The lowest BCUT2D eigenvalue weighted by atomic mass is 9.43. The predicted molar refractivity (Wildman–Crippen MR) is 276 cm³/mol. The van der Waals surface area contributed by atoms with Gasteiger partial charge in [0.05, 0.1) is 0 Å². The van der Waals surface area contributed by atoms with E-state index in [9.17, 15) is 0 Å². The van der Waals surface area contributed by atoms with Gasteiger partial charge in [-0.05, 0) is 232 Å². The molecule has 0 amide bonds. The van der Waals surface area contributed by atoms with E-state index in [1.165, 1.54) is 137 Å². The van der Waals surface area contributed by atoms with Gasteiger partial charge in [0.2, 0.25) is 0 Å². The van der Waals surface area contributed by atoms with E-state index >= 15 is 0 Å². The number of fused-ring (bicyclic) bond motifs is 7. The third kappa shape index (κ3) is 5.06. The van der Waals surface area contributed by atoms with E-state index in [1.54, 1.807) is 22.3 Å². The lowest BCUT2D eigenvalue weighted by Gasteiger charge is -2.61. The van der Waals surface area contributed by atoms with Crippen LogP contribution in [0.25, 0.3) is 55.3 Å². The van der Waals surface area contributed by atoms with E-state index in [-0.39, 0.29) is 10.8 Å². The molecule has 0 unspecified atom stereocenters. The Bertz CT molecular complexity index is 3300.